The molecule has 0 aliphatic carbocycles. The number of hydrogen-bond donors (Lipinski definition) is 0. The summed E-state index contributed by atoms with van der Waals surface area (Å²) in [6.45, 7) is 3.80. The van der Waals surface area contributed by atoms with Gasteiger partial charge >= 0.3 is 0 Å². The van der Waals surface area contributed by atoms with Crippen LogP contribution in [0, 0.1) is 5.92 Å². The van der Waals surface area contributed by atoms with Crippen LogP contribution in [0.5, 0.6) is 11.5 Å². The van der Waals surface area contributed by atoms with E-state index < -0.39 is 0 Å². The summed E-state index contributed by atoms with van der Waals surface area (Å²) in [7, 11) is 0. The molecule has 0 bridgehead atoms. The molecule has 1 aromatic rings. The van der Waals surface area contributed by atoms with Gasteiger partial charge in [0.2, 0.25) is 0 Å². The van der Waals surface area contributed by atoms with Gasteiger partial charge in [0, 0.05) is 19.0 Å². The van der Waals surface area contributed by atoms with Gasteiger partial charge < -0.3 is 23.8 Å². The molecule has 0 spiro atoms. The predicted octanol–water partition coefficient (Wildman–Crippen LogP) is 1.68. The Kier molecular flexibility index (Phi) is 4.10. The van der Waals surface area contributed by atoms with Crippen LogP contribution in [0.4, 0.5) is 0 Å². The van der Waals surface area contributed by atoms with Gasteiger partial charge in [0.15, 0.2) is 17.8 Å². The molecule has 6 heteroatoms. The third-order valence-corrected chi connectivity index (χ3v) is 4.66. The van der Waals surface area contributed by atoms with Crippen molar-refractivity contribution in [3.63, 3.8) is 0 Å². The maximum atomic E-state index is 12.8. The monoisotopic (exact) mass is 319 g/mol. The summed E-state index contributed by atoms with van der Waals surface area (Å²) in [4.78, 5) is 14.7. The minimum Gasteiger partial charge on any atom is -0.486 e. The highest BCUT2D eigenvalue weighted by molar-refractivity contribution is 5.98. The number of hydrogen-bond acceptors (Lipinski definition) is 5. The number of rotatable bonds is 2. The number of benzene rings is 1. The van der Waals surface area contributed by atoms with Crippen LogP contribution in [0.15, 0.2) is 18.2 Å². The molecule has 1 amide bonds. The predicted molar refractivity (Wildman–Crippen MR) is 81.8 cm³/mol. The molecule has 0 aromatic heterocycles. The lowest BCUT2D eigenvalue weighted by molar-refractivity contribution is -0.0956. The highest BCUT2D eigenvalue weighted by Crippen LogP contribution is 2.35. The van der Waals surface area contributed by atoms with E-state index >= 15 is 0 Å². The average Bonchev–Trinajstić information content (AvgIpc) is 3.15. The lowest BCUT2D eigenvalue weighted by Crippen LogP contribution is -2.41. The molecule has 6 nitrogen and oxygen atoms in total. The first-order valence-electron chi connectivity index (χ1n) is 8.24. The number of piperidine rings is 1. The van der Waals surface area contributed by atoms with Gasteiger partial charge in [0.25, 0.3) is 5.91 Å². The number of nitrogens with zero attached hydrogens (tertiary/aromatic N) is 1. The van der Waals surface area contributed by atoms with Crippen molar-refractivity contribution < 1.29 is 23.7 Å². The highest BCUT2D eigenvalue weighted by atomic mass is 16.7. The van der Waals surface area contributed by atoms with Crippen LogP contribution in [0.3, 0.4) is 0 Å². The molecule has 0 saturated carbocycles. The summed E-state index contributed by atoms with van der Waals surface area (Å²) in [6, 6.07) is 5.49. The maximum Gasteiger partial charge on any atom is 0.257 e. The molecule has 1 aromatic carbocycles. The molecule has 124 valence electrons. The summed E-state index contributed by atoms with van der Waals surface area (Å²) in [5.41, 5.74) is 0.592. The Morgan fingerprint density at radius 1 is 1.00 bits per heavy atom. The van der Waals surface area contributed by atoms with E-state index in [2.05, 4.69) is 0 Å². The summed E-state index contributed by atoms with van der Waals surface area (Å²) >= 11 is 0. The van der Waals surface area contributed by atoms with Crippen LogP contribution < -0.4 is 9.47 Å². The van der Waals surface area contributed by atoms with Crippen molar-refractivity contribution in [1.82, 2.24) is 4.90 Å². The lowest BCUT2D eigenvalue weighted by atomic mass is 9.95. The van der Waals surface area contributed by atoms with Crippen LogP contribution in [-0.2, 0) is 9.47 Å². The van der Waals surface area contributed by atoms with Gasteiger partial charge in [-0.15, -0.1) is 0 Å². The SMILES string of the molecule is O=C(c1cccc2c1OCCO2)N1CCC(C2OCCO2)CC1. The van der Waals surface area contributed by atoms with Gasteiger partial charge in [-0.3, -0.25) is 4.79 Å². The van der Waals surface area contributed by atoms with Crippen LogP contribution in [0.25, 0.3) is 0 Å². The van der Waals surface area contributed by atoms with Gasteiger partial charge in [-0.1, -0.05) is 6.07 Å². The molecule has 0 N–H and O–H groups in total. The van der Waals surface area contributed by atoms with E-state index in [1.54, 1.807) is 0 Å². The summed E-state index contributed by atoms with van der Waals surface area (Å²) in [6.07, 6.45) is 1.72. The molecule has 23 heavy (non-hydrogen) atoms. The lowest BCUT2D eigenvalue weighted by Gasteiger charge is -2.34. The summed E-state index contributed by atoms with van der Waals surface area (Å²) < 4.78 is 22.4. The number of likely N-dealkylation sites (tertiary alicyclic amines) is 1. The van der Waals surface area contributed by atoms with Crippen LogP contribution in [0.1, 0.15) is 23.2 Å². The normalized spacial score (nSPS) is 22.3. The smallest absolute Gasteiger partial charge is 0.257 e. The van der Waals surface area contributed by atoms with E-state index in [1.165, 1.54) is 0 Å². The van der Waals surface area contributed by atoms with Gasteiger partial charge in [0.1, 0.15) is 13.2 Å². The zero-order valence-electron chi connectivity index (χ0n) is 13.0. The second kappa shape index (κ2) is 6.37. The highest BCUT2D eigenvalue weighted by Gasteiger charge is 2.33. The number of ether oxygens (including phenoxy) is 4. The molecular formula is C17H21NO5. The third kappa shape index (κ3) is 2.88. The average molecular weight is 319 g/mol. The van der Waals surface area contributed by atoms with Crippen LogP contribution >= 0.6 is 0 Å². The van der Waals surface area contributed by atoms with Crippen molar-refractivity contribution in [2.45, 2.75) is 19.1 Å². The van der Waals surface area contributed by atoms with Crippen molar-refractivity contribution in [3.05, 3.63) is 23.8 Å². The molecule has 0 atom stereocenters. The molecule has 2 fully saturated rings. The summed E-state index contributed by atoms with van der Waals surface area (Å²) in [5.74, 6) is 1.63. The van der Waals surface area contributed by atoms with E-state index in [-0.39, 0.29) is 12.2 Å². The van der Waals surface area contributed by atoms with Crippen LogP contribution in [-0.4, -0.2) is 56.6 Å². The minimum absolute atomic E-state index is 0.0130. The van der Waals surface area contributed by atoms with E-state index in [9.17, 15) is 4.79 Å². The van der Waals surface area contributed by atoms with Crippen molar-refractivity contribution in [1.29, 1.82) is 0 Å². The zero-order chi connectivity index (χ0) is 15.6. The number of para-hydroxylation sites is 1. The largest absolute Gasteiger partial charge is 0.486 e. The topological polar surface area (TPSA) is 57.2 Å². The molecule has 3 aliphatic heterocycles. The summed E-state index contributed by atoms with van der Waals surface area (Å²) in [5, 5.41) is 0. The Morgan fingerprint density at radius 2 is 1.74 bits per heavy atom. The first kappa shape index (κ1) is 14.8. The van der Waals surface area contributed by atoms with E-state index in [0.717, 1.165) is 25.9 Å². The molecule has 4 rings (SSSR count). The fourth-order valence-corrected chi connectivity index (χ4v) is 3.44. The van der Waals surface area contributed by atoms with Gasteiger partial charge in [-0.2, -0.15) is 0 Å². The quantitative estimate of drug-likeness (QED) is 0.830. The number of fused-ring (bicyclic) bond motifs is 1. The molecule has 0 radical (unpaired) electrons. The number of carbonyl (C=O) groups excluding carboxylic acids is 1. The fraction of sp³-hybridized carbons (Fsp3) is 0.588. The maximum absolute atomic E-state index is 12.8. The van der Waals surface area contributed by atoms with Gasteiger partial charge in [-0.25, -0.2) is 0 Å². The Hall–Kier alpha value is -1.79. The van der Waals surface area contributed by atoms with Gasteiger partial charge in [0.05, 0.1) is 18.8 Å². The molecule has 2 saturated heterocycles. The molecule has 0 unspecified atom stereocenters. The number of carbonyl (C=O) groups is 1. The Morgan fingerprint density at radius 3 is 2.52 bits per heavy atom. The molecule has 3 aliphatic rings. The van der Waals surface area contributed by atoms with E-state index in [1.807, 2.05) is 23.1 Å². The molecule has 3 heterocycles. The van der Waals surface area contributed by atoms with Crippen molar-refractivity contribution in [2.75, 3.05) is 39.5 Å². The van der Waals surface area contributed by atoms with E-state index in [4.69, 9.17) is 18.9 Å². The van der Waals surface area contributed by atoms with E-state index in [0.29, 0.717) is 49.4 Å². The van der Waals surface area contributed by atoms with Crippen LogP contribution in [0.2, 0.25) is 0 Å². The Labute approximate surface area is 135 Å². The van der Waals surface area contributed by atoms with Crippen molar-refractivity contribution >= 4 is 5.91 Å². The zero-order valence-corrected chi connectivity index (χ0v) is 13.0. The van der Waals surface area contributed by atoms with Crippen molar-refractivity contribution in [2.24, 2.45) is 5.92 Å². The second-order valence-electron chi connectivity index (χ2n) is 6.07. The Balaban J connectivity index is 1.44. The standard InChI is InChI=1S/C17H21NO5/c19-16(13-2-1-3-14-15(13)21-9-8-20-14)18-6-4-12(5-7-18)17-22-10-11-23-17/h1-3,12,17H,4-11H2. The number of amides is 1. The first-order chi connectivity index (χ1) is 11.3. The van der Waals surface area contributed by atoms with Crippen molar-refractivity contribution in [3.8, 4) is 11.5 Å². The minimum atomic E-state index is -0.0894. The fourth-order valence-electron chi connectivity index (χ4n) is 3.44. The second-order valence-corrected chi connectivity index (χ2v) is 6.07. The third-order valence-electron chi connectivity index (χ3n) is 4.66. The Bertz CT molecular complexity index is 576. The first-order valence-corrected chi connectivity index (χ1v) is 8.24. The molecular weight excluding hydrogens is 298 g/mol. The van der Waals surface area contributed by atoms with Gasteiger partial charge in [-0.05, 0) is 25.0 Å².